The molecule has 2 amide bonds. The third kappa shape index (κ3) is 3.34. The smallest absolute Gasteiger partial charge is 0.315 e. The predicted molar refractivity (Wildman–Crippen MR) is 128 cm³/mol. The Bertz CT molecular complexity index is 1430. The first-order valence-corrected chi connectivity index (χ1v) is 11.6. The lowest BCUT2D eigenvalue weighted by Gasteiger charge is -2.38. The van der Waals surface area contributed by atoms with Crippen molar-refractivity contribution in [3.05, 3.63) is 48.2 Å². The number of primary amides is 1. The number of H-pyrrole nitrogens is 1. The van der Waals surface area contributed by atoms with E-state index in [4.69, 9.17) is 16.5 Å². The molecule has 2 fully saturated rings. The Morgan fingerprint density at radius 1 is 1.11 bits per heavy atom. The molecule has 35 heavy (non-hydrogen) atoms. The Balaban J connectivity index is 1.44. The van der Waals surface area contributed by atoms with Crippen LogP contribution in [0.2, 0.25) is 0 Å². The molecule has 3 atom stereocenters. The molecule has 2 bridgehead atoms. The van der Waals surface area contributed by atoms with Crippen LogP contribution in [0.15, 0.2) is 36.9 Å². The number of rotatable bonds is 4. The lowest BCUT2D eigenvalue weighted by atomic mass is 9.85. The molecule has 11 nitrogen and oxygen atoms in total. The number of ketones is 1. The number of urea groups is 1. The zero-order chi connectivity index (χ0) is 24.3. The number of carbonyl (C=O) groups is 2. The molecule has 4 aromatic heterocycles. The first kappa shape index (κ1) is 21.3. The largest absolute Gasteiger partial charge is 0.383 e. The van der Waals surface area contributed by atoms with Gasteiger partial charge in [-0.15, -0.1) is 0 Å². The summed E-state index contributed by atoms with van der Waals surface area (Å²) in [5, 5.41) is 4.43. The average Bonchev–Trinajstić information content (AvgIpc) is 3.57. The molecule has 2 saturated heterocycles. The Kier molecular flexibility index (Phi) is 4.80. The molecule has 6 heterocycles. The van der Waals surface area contributed by atoms with Gasteiger partial charge in [-0.1, -0.05) is 6.07 Å². The van der Waals surface area contributed by atoms with Crippen molar-refractivity contribution in [3.8, 4) is 22.6 Å². The molecule has 0 aliphatic carbocycles. The van der Waals surface area contributed by atoms with Crippen molar-refractivity contribution in [1.82, 2.24) is 34.4 Å². The molecule has 0 aromatic carbocycles. The molecular formula is C24H25N9O2. The third-order valence-electron chi connectivity index (χ3n) is 7.25. The van der Waals surface area contributed by atoms with E-state index in [1.165, 1.54) is 11.4 Å². The number of nitrogen functional groups attached to an aromatic ring is 1. The summed E-state index contributed by atoms with van der Waals surface area (Å²) in [5.41, 5.74) is 16.1. The van der Waals surface area contributed by atoms with Crippen LogP contribution >= 0.6 is 0 Å². The van der Waals surface area contributed by atoms with Crippen LogP contribution in [0.4, 0.5) is 10.6 Å². The lowest BCUT2D eigenvalue weighted by Crippen LogP contribution is -2.48. The number of nitrogens with two attached hydrogens (primary N) is 2. The highest BCUT2D eigenvalue weighted by molar-refractivity contribution is 6.00. The van der Waals surface area contributed by atoms with Gasteiger partial charge in [0, 0.05) is 47.7 Å². The van der Waals surface area contributed by atoms with E-state index in [0.29, 0.717) is 35.6 Å². The summed E-state index contributed by atoms with van der Waals surface area (Å²) < 4.78 is 1.52. The minimum atomic E-state index is -0.380. The monoisotopic (exact) mass is 471 g/mol. The summed E-state index contributed by atoms with van der Waals surface area (Å²) in [4.78, 5) is 43.2. The number of piperidine rings is 1. The summed E-state index contributed by atoms with van der Waals surface area (Å²) in [7, 11) is 0. The van der Waals surface area contributed by atoms with Crippen molar-refractivity contribution < 1.29 is 9.59 Å². The van der Waals surface area contributed by atoms with Crippen LogP contribution in [0.25, 0.3) is 28.3 Å². The van der Waals surface area contributed by atoms with Crippen molar-refractivity contribution in [3.63, 3.8) is 0 Å². The van der Waals surface area contributed by atoms with Crippen LogP contribution in [-0.2, 0) is 0 Å². The van der Waals surface area contributed by atoms with Gasteiger partial charge in [0.15, 0.2) is 17.3 Å². The van der Waals surface area contributed by atoms with Gasteiger partial charge in [-0.05, 0) is 38.7 Å². The van der Waals surface area contributed by atoms with Crippen molar-refractivity contribution in [2.75, 3.05) is 5.73 Å². The van der Waals surface area contributed by atoms with Crippen molar-refractivity contribution >= 4 is 23.3 Å². The molecule has 0 saturated carbocycles. The molecule has 0 radical (unpaired) electrons. The Hall–Kier alpha value is -4.28. The van der Waals surface area contributed by atoms with Crippen LogP contribution in [0.1, 0.15) is 54.6 Å². The van der Waals surface area contributed by atoms with E-state index in [2.05, 4.69) is 20.1 Å². The van der Waals surface area contributed by atoms with E-state index in [1.54, 1.807) is 29.7 Å². The maximum absolute atomic E-state index is 12.7. The second-order valence-corrected chi connectivity index (χ2v) is 9.28. The first-order chi connectivity index (χ1) is 16.9. The number of aromatic nitrogens is 6. The molecule has 2 aliphatic rings. The number of aromatic amines is 1. The van der Waals surface area contributed by atoms with Crippen LogP contribution < -0.4 is 11.5 Å². The third-order valence-corrected chi connectivity index (χ3v) is 7.25. The van der Waals surface area contributed by atoms with Gasteiger partial charge in [-0.25, -0.2) is 14.8 Å². The fourth-order valence-corrected chi connectivity index (χ4v) is 5.75. The maximum atomic E-state index is 12.7. The number of pyridine rings is 1. The van der Waals surface area contributed by atoms with E-state index in [1.807, 2.05) is 12.1 Å². The molecule has 5 N–H and O–H groups in total. The highest BCUT2D eigenvalue weighted by Crippen LogP contribution is 2.44. The van der Waals surface area contributed by atoms with Gasteiger partial charge >= 0.3 is 6.03 Å². The van der Waals surface area contributed by atoms with E-state index in [0.717, 1.165) is 29.7 Å². The quantitative estimate of drug-likeness (QED) is 0.386. The van der Waals surface area contributed by atoms with E-state index in [9.17, 15) is 9.59 Å². The number of hydrogen-bond donors (Lipinski definition) is 3. The highest BCUT2D eigenvalue weighted by Gasteiger charge is 2.44. The van der Waals surface area contributed by atoms with Crippen molar-refractivity contribution in [1.29, 1.82) is 0 Å². The van der Waals surface area contributed by atoms with E-state index >= 15 is 0 Å². The molecular weight excluding hydrogens is 446 g/mol. The van der Waals surface area contributed by atoms with Gasteiger partial charge in [0.25, 0.3) is 0 Å². The van der Waals surface area contributed by atoms with E-state index < -0.39 is 0 Å². The standard InChI is InChI=1S/C24H25N9O2/c1-12(34)19-20(14-8-15-3-4-16(9-14)32(15)24(26)35)31-23-17(11-30-33(23)21(19)25)13-2-5-18(29-10-13)22-27-6-7-28-22/h2,5-7,10-11,14-16H,3-4,8-9,25H2,1H3,(H2,26,35)(H,27,28)/t14?,15-,16+. The van der Waals surface area contributed by atoms with Crippen LogP contribution in [0, 0.1) is 0 Å². The average molecular weight is 472 g/mol. The number of nitrogens with one attached hydrogen (secondary N) is 1. The molecule has 1 unspecified atom stereocenters. The second-order valence-electron chi connectivity index (χ2n) is 9.28. The van der Waals surface area contributed by atoms with Gasteiger partial charge < -0.3 is 21.4 Å². The topological polar surface area (TPSA) is 161 Å². The first-order valence-electron chi connectivity index (χ1n) is 11.6. The van der Waals surface area contributed by atoms with Gasteiger partial charge in [-0.3, -0.25) is 9.78 Å². The predicted octanol–water partition coefficient (Wildman–Crippen LogP) is 2.76. The Morgan fingerprint density at radius 3 is 2.49 bits per heavy atom. The molecule has 0 spiro atoms. The lowest BCUT2D eigenvalue weighted by molar-refractivity contribution is 0.101. The molecule has 178 valence electrons. The highest BCUT2D eigenvalue weighted by atomic mass is 16.2. The number of carbonyl (C=O) groups excluding carboxylic acids is 2. The zero-order valence-corrected chi connectivity index (χ0v) is 19.2. The summed E-state index contributed by atoms with van der Waals surface area (Å²) in [6.07, 6.45) is 10.1. The fourth-order valence-electron chi connectivity index (χ4n) is 5.75. The number of fused-ring (bicyclic) bond motifs is 3. The van der Waals surface area contributed by atoms with Gasteiger partial charge in [-0.2, -0.15) is 9.61 Å². The Morgan fingerprint density at radius 2 is 1.89 bits per heavy atom. The summed E-state index contributed by atoms with van der Waals surface area (Å²) in [6, 6.07) is 3.54. The number of hydrogen-bond acceptors (Lipinski definition) is 7. The summed E-state index contributed by atoms with van der Waals surface area (Å²) in [5.74, 6) is 0.798. The molecule has 6 rings (SSSR count). The molecule has 2 aliphatic heterocycles. The SMILES string of the molecule is CC(=O)c1c(C2C[C@H]3CC[C@@H](C2)N3C(N)=O)nc2c(-c3ccc(-c4ncc[nH]4)nc3)cnn2c1N. The second kappa shape index (κ2) is 7.90. The number of anilines is 1. The van der Waals surface area contributed by atoms with Crippen LogP contribution in [-0.4, -0.2) is 58.3 Å². The molecule has 11 heteroatoms. The number of Topliss-reactive ketones (excluding diaryl/α,β-unsaturated/α-hetero) is 1. The zero-order valence-electron chi connectivity index (χ0n) is 19.2. The van der Waals surface area contributed by atoms with Crippen molar-refractivity contribution in [2.24, 2.45) is 5.73 Å². The van der Waals surface area contributed by atoms with Gasteiger partial charge in [0.2, 0.25) is 0 Å². The Labute approximate surface area is 200 Å². The molecule has 4 aromatic rings. The minimum absolute atomic E-state index is 0.00324. The van der Waals surface area contributed by atoms with E-state index in [-0.39, 0.29) is 35.6 Å². The van der Waals surface area contributed by atoms with Gasteiger partial charge in [0.05, 0.1) is 17.5 Å². The minimum Gasteiger partial charge on any atom is -0.383 e. The van der Waals surface area contributed by atoms with Crippen molar-refractivity contribution in [2.45, 2.75) is 50.6 Å². The maximum Gasteiger partial charge on any atom is 0.315 e. The number of nitrogens with zero attached hydrogens (tertiary/aromatic N) is 6. The summed E-state index contributed by atoms with van der Waals surface area (Å²) in [6.45, 7) is 1.50. The number of imidazole rings is 1. The number of amides is 2. The fraction of sp³-hybridized carbons (Fsp3) is 0.333. The summed E-state index contributed by atoms with van der Waals surface area (Å²) >= 11 is 0. The van der Waals surface area contributed by atoms with Crippen LogP contribution in [0.3, 0.4) is 0 Å². The van der Waals surface area contributed by atoms with Gasteiger partial charge in [0.1, 0.15) is 11.5 Å². The normalized spacial score (nSPS) is 21.5. The van der Waals surface area contributed by atoms with Crippen LogP contribution in [0.5, 0.6) is 0 Å².